The van der Waals surface area contributed by atoms with E-state index < -0.39 is 0 Å². The zero-order chi connectivity index (χ0) is 10.3. The van der Waals surface area contributed by atoms with E-state index in [0.717, 1.165) is 31.0 Å². The zero-order valence-electron chi connectivity index (χ0n) is 8.64. The number of imidazole rings is 1. The minimum atomic E-state index is 0.861. The van der Waals surface area contributed by atoms with Crippen LogP contribution in [0.4, 0.5) is 0 Å². The monoisotopic (exact) mass is 203 g/mol. The van der Waals surface area contributed by atoms with E-state index in [1.54, 1.807) is 0 Å². The van der Waals surface area contributed by atoms with Crippen LogP contribution in [0.15, 0.2) is 18.6 Å². The van der Waals surface area contributed by atoms with Gasteiger partial charge in [0.2, 0.25) is 0 Å². The van der Waals surface area contributed by atoms with Crippen molar-refractivity contribution >= 4 is 0 Å². The molecular formula is C10H13N5. The second-order valence-corrected chi connectivity index (χ2v) is 3.79. The van der Waals surface area contributed by atoms with Gasteiger partial charge < -0.3 is 9.88 Å². The van der Waals surface area contributed by atoms with Gasteiger partial charge in [-0.25, -0.2) is 4.98 Å². The lowest BCUT2D eigenvalue weighted by molar-refractivity contribution is 0.508. The van der Waals surface area contributed by atoms with Crippen LogP contribution in [0, 0.1) is 0 Å². The van der Waals surface area contributed by atoms with Gasteiger partial charge in [0.05, 0.1) is 24.6 Å². The number of nitrogens with zero attached hydrogens (tertiary/aromatic N) is 4. The summed E-state index contributed by atoms with van der Waals surface area (Å²) in [7, 11) is 1.93. The standard InChI is InChI=1S/C10H13N5/c1-14-7-8(4-13-14)9-5-12-10-6-11-2-3-15(9)10/h4-5,7,11H,2-3,6H2,1H3. The van der Waals surface area contributed by atoms with Crippen molar-refractivity contribution in [3.63, 3.8) is 0 Å². The summed E-state index contributed by atoms with van der Waals surface area (Å²) >= 11 is 0. The molecule has 0 aromatic carbocycles. The molecule has 0 aliphatic carbocycles. The molecule has 5 nitrogen and oxygen atoms in total. The largest absolute Gasteiger partial charge is 0.326 e. The first-order valence-corrected chi connectivity index (χ1v) is 5.09. The summed E-state index contributed by atoms with van der Waals surface area (Å²) in [5.41, 5.74) is 2.30. The summed E-state index contributed by atoms with van der Waals surface area (Å²) in [5.74, 6) is 1.11. The molecule has 0 spiro atoms. The van der Waals surface area contributed by atoms with Gasteiger partial charge >= 0.3 is 0 Å². The Labute approximate surface area is 87.7 Å². The Bertz CT molecular complexity index is 482. The highest BCUT2D eigenvalue weighted by Gasteiger charge is 2.15. The van der Waals surface area contributed by atoms with Crippen LogP contribution in [0.1, 0.15) is 5.82 Å². The van der Waals surface area contributed by atoms with Crippen molar-refractivity contribution in [2.75, 3.05) is 6.54 Å². The molecule has 5 heteroatoms. The Kier molecular flexibility index (Phi) is 1.85. The number of aromatic nitrogens is 4. The predicted molar refractivity (Wildman–Crippen MR) is 56.1 cm³/mol. The van der Waals surface area contributed by atoms with Crippen LogP contribution in [0.3, 0.4) is 0 Å². The molecule has 0 saturated carbocycles. The molecule has 1 N–H and O–H groups in total. The number of hydrogen-bond donors (Lipinski definition) is 1. The lowest BCUT2D eigenvalue weighted by Gasteiger charge is -2.16. The average Bonchev–Trinajstić information content (AvgIpc) is 2.83. The van der Waals surface area contributed by atoms with Crippen molar-refractivity contribution in [1.29, 1.82) is 0 Å². The van der Waals surface area contributed by atoms with Crippen molar-refractivity contribution in [3.05, 3.63) is 24.4 Å². The van der Waals surface area contributed by atoms with Gasteiger partial charge in [0.1, 0.15) is 5.82 Å². The smallest absolute Gasteiger partial charge is 0.123 e. The first-order chi connectivity index (χ1) is 7.34. The van der Waals surface area contributed by atoms with E-state index in [1.165, 1.54) is 5.69 Å². The Hall–Kier alpha value is -1.62. The summed E-state index contributed by atoms with van der Waals surface area (Å²) < 4.78 is 4.07. The van der Waals surface area contributed by atoms with E-state index >= 15 is 0 Å². The number of fused-ring (bicyclic) bond motifs is 1. The first kappa shape index (κ1) is 8.67. The molecule has 0 saturated heterocycles. The highest BCUT2D eigenvalue weighted by molar-refractivity contribution is 5.57. The molecule has 1 aliphatic heterocycles. The highest BCUT2D eigenvalue weighted by Crippen LogP contribution is 2.21. The molecule has 0 fully saturated rings. The van der Waals surface area contributed by atoms with Crippen LogP contribution in [0.5, 0.6) is 0 Å². The lowest BCUT2D eigenvalue weighted by Crippen LogP contribution is -2.28. The van der Waals surface area contributed by atoms with Crippen LogP contribution >= 0.6 is 0 Å². The van der Waals surface area contributed by atoms with Gasteiger partial charge in [-0.05, 0) is 0 Å². The molecule has 15 heavy (non-hydrogen) atoms. The second kappa shape index (κ2) is 3.20. The van der Waals surface area contributed by atoms with Gasteiger partial charge in [-0.1, -0.05) is 0 Å². The van der Waals surface area contributed by atoms with Crippen molar-refractivity contribution in [2.45, 2.75) is 13.1 Å². The molecule has 1 aliphatic rings. The van der Waals surface area contributed by atoms with Crippen molar-refractivity contribution in [3.8, 4) is 11.3 Å². The molecule has 78 valence electrons. The number of aryl methyl sites for hydroxylation is 1. The van der Waals surface area contributed by atoms with Gasteiger partial charge in [0.15, 0.2) is 0 Å². The third-order valence-electron chi connectivity index (χ3n) is 2.73. The molecular weight excluding hydrogens is 190 g/mol. The molecule has 0 amide bonds. The summed E-state index contributed by atoms with van der Waals surface area (Å²) in [5, 5.41) is 7.49. The third-order valence-corrected chi connectivity index (χ3v) is 2.73. The SMILES string of the molecule is Cn1cc(-c2cnc3n2CCNC3)cn1. The topological polar surface area (TPSA) is 47.7 Å². The maximum absolute atomic E-state index is 4.41. The van der Waals surface area contributed by atoms with Crippen LogP contribution < -0.4 is 5.32 Å². The fraction of sp³-hybridized carbons (Fsp3) is 0.400. The van der Waals surface area contributed by atoms with Gasteiger partial charge in [-0.3, -0.25) is 4.68 Å². The highest BCUT2D eigenvalue weighted by atomic mass is 15.2. The minimum Gasteiger partial charge on any atom is -0.326 e. The Morgan fingerprint density at radius 2 is 2.33 bits per heavy atom. The van der Waals surface area contributed by atoms with E-state index in [4.69, 9.17) is 0 Å². The molecule has 3 rings (SSSR count). The summed E-state index contributed by atoms with van der Waals surface area (Å²) in [6, 6.07) is 0. The Balaban J connectivity index is 2.08. The predicted octanol–water partition coefficient (Wildman–Crippen LogP) is 0.387. The molecule has 3 heterocycles. The quantitative estimate of drug-likeness (QED) is 0.729. The molecule has 0 unspecified atom stereocenters. The molecule has 2 aromatic rings. The van der Waals surface area contributed by atoms with Crippen LogP contribution in [-0.2, 0) is 20.1 Å². The van der Waals surface area contributed by atoms with Crippen LogP contribution in [-0.4, -0.2) is 25.9 Å². The van der Waals surface area contributed by atoms with E-state index in [-0.39, 0.29) is 0 Å². The second-order valence-electron chi connectivity index (χ2n) is 3.79. The summed E-state index contributed by atoms with van der Waals surface area (Å²) in [6.45, 7) is 2.86. The first-order valence-electron chi connectivity index (χ1n) is 5.09. The normalized spacial score (nSPS) is 15.3. The van der Waals surface area contributed by atoms with Crippen LogP contribution in [0.2, 0.25) is 0 Å². The van der Waals surface area contributed by atoms with Crippen molar-refractivity contribution in [2.24, 2.45) is 7.05 Å². The van der Waals surface area contributed by atoms with Gasteiger partial charge in [-0.15, -0.1) is 0 Å². The molecule has 2 aromatic heterocycles. The minimum absolute atomic E-state index is 0.861. The average molecular weight is 203 g/mol. The van der Waals surface area contributed by atoms with Crippen molar-refractivity contribution in [1.82, 2.24) is 24.6 Å². The maximum Gasteiger partial charge on any atom is 0.123 e. The fourth-order valence-corrected chi connectivity index (χ4v) is 1.98. The van der Waals surface area contributed by atoms with E-state index in [1.807, 2.05) is 30.3 Å². The Morgan fingerprint density at radius 3 is 3.13 bits per heavy atom. The van der Waals surface area contributed by atoms with Gasteiger partial charge in [-0.2, -0.15) is 5.10 Å². The molecule has 0 atom stereocenters. The molecule has 0 radical (unpaired) electrons. The fourth-order valence-electron chi connectivity index (χ4n) is 1.98. The summed E-state index contributed by atoms with van der Waals surface area (Å²) in [6.07, 6.45) is 5.83. The van der Waals surface area contributed by atoms with Crippen molar-refractivity contribution < 1.29 is 0 Å². The zero-order valence-corrected chi connectivity index (χ0v) is 8.64. The number of hydrogen-bond acceptors (Lipinski definition) is 3. The van der Waals surface area contributed by atoms with E-state index in [2.05, 4.69) is 20.0 Å². The van der Waals surface area contributed by atoms with Gasteiger partial charge in [0, 0.05) is 31.9 Å². The van der Waals surface area contributed by atoms with Gasteiger partial charge in [0.25, 0.3) is 0 Å². The third kappa shape index (κ3) is 1.35. The van der Waals surface area contributed by atoms with Crippen LogP contribution in [0.25, 0.3) is 11.3 Å². The molecule has 0 bridgehead atoms. The summed E-state index contributed by atoms with van der Waals surface area (Å²) in [4.78, 5) is 4.41. The maximum atomic E-state index is 4.41. The number of rotatable bonds is 1. The lowest BCUT2D eigenvalue weighted by atomic mass is 10.2. The van der Waals surface area contributed by atoms with E-state index in [0.29, 0.717) is 0 Å². The van der Waals surface area contributed by atoms with E-state index in [9.17, 15) is 0 Å². The number of nitrogens with one attached hydrogen (secondary N) is 1. The Morgan fingerprint density at radius 1 is 1.40 bits per heavy atom.